The number of hydrogen-bond donors (Lipinski definition) is 1. The van der Waals surface area contributed by atoms with Crippen molar-refractivity contribution in [3.8, 4) is 5.75 Å². The van der Waals surface area contributed by atoms with Crippen LogP contribution in [-0.2, 0) is 6.61 Å². The number of benzene rings is 2. The Balaban J connectivity index is 1.54. The molecule has 6 nitrogen and oxygen atoms in total. The molecule has 0 radical (unpaired) electrons. The van der Waals surface area contributed by atoms with Crippen LogP contribution in [-0.4, -0.2) is 16.0 Å². The summed E-state index contributed by atoms with van der Waals surface area (Å²) in [4.78, 5) is 17.3. The van der Waals surface area contributed by atoms with Gasteiger partial charge in [-0.15, -0.1) is 0 Å². The highest BCUT2D eigenvalue weighted by Gasteiger charge is 2.22. The monoisotopic (exact) mass is 407 g/mol. The molecule has 0 fully saturated rings. The van der Waals surface area contributed by atoms with Crippen molar-refractivity contribution < 1.29 is 14.1 Å². The van der Waals surface area contributed by atoms with Crippen molar-refractivity contribution >= 4 is 32.6 Å². The third-order valence-electron chi connectivity index (χ3n) is 4.76. The minimum atomic E-state index is -0.363. The first-order valence-electron chi connectivity index (χ1n) is 9.25. The topological polar surface area (TPSA) is 77.2 Å². The molecule has 1 amide bonds. The van der Waals surface area contributed by atoms with Crippen LogP contribution in [0.2, 0.25) is 0 Å². The Hall–Kier alpha value is -3.19. The zero-order chi connectivity index (χ0) is 20.5. The number of nitrogens with zero attached hydrogens (tertiary/aromatic N) is 2. The Labute approximate surface area is 172 Å². The summed E-state index contributed by atoms with van der Waals surface area (Å²) < 4.78 is 12.2. The van der Waals surface area contributed by atoms with Crippen molar-refractivity contribution in [1.29, 1.82) is 0 Å². The second-order valence-corrected chi connectivity index (χ2v) is 8.05. The number of carbonyl (C=O) groups excluding carboxylic acids is 1. The van der Waals surface area contributed by atoms with Crippen LogP contribution in [0.5, 0.6) is 5.75 Å². The Morgan fingerprint density at radius 1 is 1.14 bits per heavy atom. The van der Waals surface area contributed by atoms with E-state index in [1.54, 1.807) is 6.92 Å². The van der Waals surface area contributed by atoms with E-state index in [0.717, 1.165) is 32.7 Å². The molecule has 0 unspecified atom stereocenters. The van der Waals surface area contributed by atoms with E-state index in [0.29, 0.717) is 16.5 Å². The molecular weight excluding hydrogens is 386 g/mol. The first-order chi connectivity index (χ1) is 13.9. The zero-order valence-corrected chi connectivity index (χ0v) is 17.5. The van der Waals surface area contributed by atoms with Crippen molar-refractivity contribution in [2.24, 2.45) is 0 Å². The average Bonchev–Trinajstić information content (AvgIpc) is 3.26. The van der Waals surface area contributed by atoms with Crippen LogP contribution < -0.4 is 10.1 Å². The summed E-state index contributed by atoms with van der Waals surface area (Å²) in [5, 5.41) is 7.31. The largest absolute Gasteiger partial charge is 0.488 e. The lowest BCUT2D eigenvalue weighted by molar-refractivity contribution is 0.101. The highest BCUT2D eigenvalue weighted by molar-refractivity contribution is 7.22. The van der Waals surface area contributed by atoms with Crippen LogP contribution in [0.4, 0.5) is 5.13 Å². The molecule has 148 valence electrons. The molecule has 2 aromatic carbocycles. The SMILES string of the molecule is Cc1ccc(C)c(OCc2c(C(=O)Nc3nc4c(C)cccc4s3)noc2C)c1. The summed E-state index contributed by atoms with van der Waals surface area (Å²) in [6.07, 6.45) is 0. The fourth-order valence-electron chi connectivity index (χ4n) is 3.05. The third kappa shape index (κ3) is 3.86. The molecule has 0 spiro atoms. The normalized spacial score (nSPS) is 11.0. The first-order valence-corrected chi connectivity index (χ1v) is 10.1. The maximum absolute atomic E-state index is 12.8. The number of carbonyl (C=O) groups is 1. The number of amides is 1. The predicted octanol–water partition coefficient (Wildman–Crippen LogP) is 5.35. The third-order valence-corrected chi connectivity index (χ3v) is 5.69. The van der Waals surface area contributed by atoms with Crippen LogP contribution in [0.3, 0.4) is 0 Å². The van der Waals surface area contributed by atoms with Gasteiger partial charge in [0.1, 0.15) is 18.1 Å². The maximum atomic E-state index is 12.8. The van der Waals surface area contributed by atoms with Gasteiger partial charge in [0.25, 0.3) is 5.91 Å². The second-order valence-electron chi connectivity index (χ2n) is 7.02. The van der Waals surface area contributed by atoms with E-state index in [2.05, 4.69) is 15.5 Å². The highest BCUT2D eigenvalue weighted by atomic mass is 32.1. The Kier molecular flexibility index (Phi) is 5.07. The fourth-order valence-corrected chi connectivity index (χ4v) is 3.99. The molecule has 1 N–H and O–H groups in total. The van der Waals surface area contributed by atoms with Gasteiger partial charge in [0, 0.05) is 0 Å². The van der Waals surface area contributed by atoms with Crippen LogP contribution >= 0.6 is 11.3 Å². The number of para-hydroxylation sites is 1. The van der Waals surface area contributed by atoms with Gasteiger partial charge >= 0.3 is 0 Å². The number of nitrogens with one attached hydrogen (secondary N) is 1. The second kappa shape index (κ2) is 7.67. The number of fused-ring (bicyclic) bond motifs is 1. The molecule has 2 heterocycles. The predicted molar refractivity (Wildman–Crippen MR) is 114 cm³/mol. The Bertz CT molecular complexity index is 1210. The van der Waals surface area contributed by atoms with Crippen molar-refractivity contribution in [1.82, 2.24) is 10.1 Å². The van der Waals surface area contributed by atoms with Gasteiger partial charge in [-0.3, -0.25) is 10.1 Å². The van der Waals surface area contributed by atoms with Gasteiger partial charge in [-0.25, -0.2) is 4.98 Å². The van der Waals surface area contributed by atoms with E-state index in [1.165, 1.54) is 11.3 Å². The van der Waals surface area contributed by atoms with Gasteiger partial charge < -0.3 is 9.26 Å². The molecule has 0 saturated carbocycles. The average molecular weight is 407 g/mol. The number of ether oxygens (including phenoxy) is 1. The Morgan fingerprint density at radius 3 is 2.76 bits per heavy atom. The minimum Gasteiger partial charge on any atom is -0.488 e. The summed E-state index contributed by atoms with van der Waals surface area (Å²) in [7, 11) is 0. The lowest BCUT2D eigenvalue weighted by Crippen LogP contribution is -2.15. The zero-order valence-electron chi connectivity index (χ0n) is 16.7. The minimum absolute atomic E-state index is 0.196. The summed E-state index contributed by atoms with van der Waals surface area (Å²) >= 11 is 1.43. The number of aromatic nitrogens is 2. The summed E-state index contributed by atoms with van der Waals surface area (Å²) in [6.45, 7) is 7.96. The van der Waals surface area contributed by atoms with E-state index in [-0.39, 0.29) is 18.2 Å². The lowest BCUT2D eigenvalue weighted by Gasteiger charge is -2.10. The Morgan fingerprint density at radius 2 is 1.97 bits per heavy atom. The maximum Gasteiger partial charge on any atom is 0.280 e. The lowest BCUT2D eigenvalue weighted by atomic mass is 10.1. The van der Waals surface area contributed by atoms with Gasteiger partial charge in [0.2, 0.25) is 0 Å². The smallest absolute Gasteiger partial charge is 0.280 e. The molecule has 29 heavy (non-hydrogen) atoms. The van der Waals surface area contributed by atoms with E-state index < -0.39 is 0 Å². The summed E-state index contributed by atoms with van der Waals surface area (Å²) in [6, 6.07) is 12.0. The summed E-state index contributed by atoms with van der Waals surface area (Å²) in [5.41, 5.74) is 4.93. The van der Waals surface area contributed by atoms with Crippen molar-refractivity contribution in [3.63, 3.8) is 0 Å². The van der Waals surface area contributed by atoms with Crippen molar-refractivity contribution in [2.45, 2.75) is 34.3 Å². The summed E-state index contributed by atoms with van der Waals surface area (Å²) in [5.74, 6) is 0.970. The van der Waals surface area contributed by atoms with Crippen LogP contribution in [0.1, 0.15) is 38.5 Å². The van der Waals surface area contributed by atoms with E-state index in [9.17, 15) is 4.79 Å². The molecule has 0 aliphatic heterocycles. The molecule has 0 aliphatic rings. The van der Waals surface area contributed by atoms with Crippen molar-refractivity contribution in [3.05, 3.63) is 70.1 Å². The van der Waals surface area contributed by atoms with E-state index in [4.69, 9.17) is 9.26 Å². The van der Waals surface area contributed by atoms with Gasteiger partial charge in [-0.2, -0.15) is 0 Å². The molecule has 0 saturated heterocycles. The first kappa shape index (κ1) is 19.1. The molecule has 0 aliphatic carbocycles. The standard InChI is InChI=1S/C22H21N3O3S/c1-12-8-9-13(2)17(10-12)27-11-16-15(4)28-25-20(16)21(26)24-22-23-19-14(3)6-5-7-18(19)29-22/h5-10H,11H2,1-4H3,(H,23,24,26). The number of anilines is 1. The molecular formula is C22H21N3O3S. The molecule has 4 rings (SSSR count). The molecule has 0 atom stereocenters. The molecule has 7 heteroatoms. The number of thiazole rings is 1. The van der Waals surface area contributed by atoms with Crippen LogP contribution in [0.15, 0.2) is 40.9 Å². The quantitative estimate of drug-likeness (QED) is 0.483. The highest BCUT2D eigenvalue weighted by Crippen LogP contribution is 2.29. The molecule has 2 aromatic heterocycles. The number of aryl methyl sites for hydroxylation is 4. The van der Waals surface area contributed by atoms with E-state index in [1.807, 2.05) is 57.2 Å². The van der Waals surface area contributed by atoms with Gasteiger partial charge in [0.15, 0.2) is 10.8 Å². The van der Waals surface area contributed by atoms with E-state index >= 15 is 0 Å². The van der Waals surface area contributed by atoms with Gasteiger partial charge in [0.05, 0.1) is 15.8 Å². The van der Waals surface area contributed by atoms with Gasteiger partial charge in [-0.05, 0) is 56.5 Å². The number of rotatable bonds is 5. The molecule has 4 aromatic rings. The fraction of sp³-hybridized carbons (Fsp3) is 0.227. The van der Waals surface area contributed by atoms with Crippen molar-refractivity contribution in [2.75, 3.05) is 5.32 Å². The molecule has 0 bridgehead atoms. The van der Waals surface area contributed by atoms with Crippen LogP contribution in [0, 0.1) is 27.7 Å². The number of hydrogen-bond acceptors (Lipinski definition) is 6. The van der Waals surface area contributed by atoms with Crippen LogP contribution in [0.25, 0.3) is 10.2 Å². The van der Waals surface area contributed by atoms with Gasteiger partial charge in [-0.1, -0.05) is 40.8 Å².